The van der Waals surface area contributed by atoms with Gasteiger partial charge in [-0.2, -0.15) is 0 Å². The van der Waals surface area contributed by atoms with Crippen molar-refractivity contribution in [2.24, 2.45) is 0 Å². The van der Waals surface area contributed by atoms with Crippen LogP contribution in [-0.2, 0) is 14.3 Å². The fourth-order valence-corrected chi connectivity index (χ4v) is 8.30. The summed E-state index contributed by atoms with van der Waals surface area (Å²) < 4.78 is 5.94. The number of ether oxygens (including phenoxy) is 1. The van der Waals surface area contributed by atoms with E-state index in [1.165, 1.54) is 173 Å². The molecule has 0 bridgehead atoms. The lowest BCUT2D eigenvalue weighted by atomic mass is 10.0. The highest BCUT2D eigenvalue weighted by Crippen LogP contribution is 2.18. The zero-order valence-corrected chi connectivity index (χ0v) is 41.5. The molecule has 0 aliphatic carbocycles. The van der Waals surface area contributed by atoms with Crippen LogP contribution in [-0.4, -0.2) is 46.9 Å². The number of aliphatic hydroxyl groups excluding tert-OH is 2. The smallest absolute Gasteiger partial charge is 0.306 e. The van der Waals surface area contributed by atoms with Crippen LogP contribution in [0.5, 0.6) is 0 Å². The van der Waals surface area contributed by atoms with Crippen LogP contribution in [0.3, 0.4) is 0 Å². The maximum Gasteiger partial charge on any atom is 0.306 e. The lowest BCUT2D eigenvalue weighted by Crippen LogP contribution is -2.46. The fraction of sp³-hybridized carbons (Fsp3) is 0.857. The van der Waals surface area contributed by atoms with Crippen LogP contribution < -0.4 is 5.32 Å². The monoisotopic (exact) mass is 872 g/mol. The molecule has 0 saturated heterocycles. The molecule has 3 atom stereocenters. The molecule has 0 aliphatic rings. The van der Waals surface area contributed by atoms with Gasteiger partial charge >= 0.3 is 5.97 Å². The average molecular weight is 872 g/mol. The van der Waals surface area contributed by atoms with Crippen molar-refractivity contribution in [2.45, 2.75) is 302 Å². The Morgan fingerprint density at radius 2 is 0.823 bits per heavy atom. The Balaban J connectivity index is 4.55. The number of esters is 1. The van der Waals surface area contributed by atoms with E-state index in [4.69, 9.17) is 4.74 Å². The van der Waals surface area contributed by atoms with Crippen molar-refractivity contribution in [3.63, 3.8) is 0 Å². The van der Waals surface area contributed by atoms with Gasteiger partial charge in [0.2, 0.25) is 5.91 Å². The summed E-state index contributed by atoms with van der Waals surface area (Å²) in [5.74, 6) is -0.485. The third-order valence-electron chi connectivity index (χ3n) is 12.5. The van der Waals surface area contributed by atoms with Gasteiger partial charge in [-0.05, 0) is 77.0 Å². The van der Waals surface area contributed by atoms with Gasteiger partial charge in [-0.3, -0.25) is 9.59 Å². The minimum Gasteiger partial charge on any atom is -0.462 e. The first-order valence-corrected chi connectivity index (χ1v) is 27.2. The number of allylic oxidation sites excluding steroid dienone is 6. The van der Waals surface area contributed by atoms with E-state index in [1.54, 1.807) is 0 Å². The molecule has 0 aromatic heterocycles. The number of carbonyl (C=O) groups is 2. The molecule has 6 heteroatoms. The molecule has 364 valence electrons. The van der Waals surface area contributed by atoms with Crippen molar-refractivity contribution in [3.05, 3.63) is 36.5 Å². The maximum absolute atomic E-state index is 13.2. The van der Waals surface area contributed by atoms with Gasteiger partial charge in [0.1, 0.15) is 6.10 Å². The van der Waals surface area contributed by atoms with E-state index in [1.807, 2.05) is 0 Å². The second-order valence-electron chi connectivity index (χ2n) is 18.7. The fourth-order valence-electron chi connectivity index (χ4n) is 8.30. The summed E-state index contributed by atoms with van der Waals surface area (Å²) >= 11 is 0. The highest BCUT2D eigenvalue weighted by atomic mass is 16.5. The molecule has 0 saturated carbocycles. The topological polar surface area (TPSA) is 95.9 Å². The second-order valence-corrected chi connectivity index (χ2v) is 18.7. The van der Waals surface area contributed by atoms with E-state index in [0.717, 1.165) is 64.2 Å². The molecule has 3 unspecified atom stereocenters. The number of rotatable bonds is 49. The summed E-state index contributed by atoms with van der Waals surface area (Å²) in [4.78, 5) is 26.2. The zero-order chi connectivity index (χ0) is 45.2. The highest BCUT2D eigenvalue weighted by molar-refractivity contribution is 5.77. The summed E-state index contributed by atoms with van der Waals surface area (Å²) in [6.45, 7) is 6.46. The third kappa shape index (κ3) is 44.7. The first kappa shape index (κ1) is 60.1. The number of hydrogen-bond donors (Lipinski definition) is 3. The van der Waals surface area contributed by atoms with E-state index < -0.39 is 18.2 Å². The summed E-state index contributed by atoms with van der Waals surface area (Å²) in [6, 6.07) is -0.705. The van der Waals surface area contributed by atoms with Gasteiger partial charge in [0, 0.05) is 6.42 Å². The van der Waals surface area contributed by atoms with Crippen molar-refractivity contribution in [3.8, 4) is 0 Å². The first-order chi connectivity index (χ1) is 30.5. The Bertz CT molecular complexity index is 1020. The number of nitrogens with one attached hydrogen (secondary N) is 1. The number of carbonyl (C=O) groups excluding carboxylic acids is 2. The van der Waals surface area contributed by atoms with E-state index in [2.05, 4.69) is 62.5 Å². The molecule has 1 amide bonds. The lowest BCUT2D eigenvalue weighted by molar-refractivity contribution is -0.151. The molecule has 0 rings (SSSR count). The molecule has 3 N–H and O–H groups in total. The van der Waals surface area contributed by atoms with E-state index in [-0.39, 0.29) is 24.9 Å². The van der Waals surface area contributed by atoms with Gasteiger partial charge < -0.3 is 20.3 Å². The van der Waals surface area contributed by atoms with Gasteiger partial charge in [-0.1, -0.05) is 231 Å². The van der Waals surface area contributed by atoms with Crippen LogP contribution in [0.2, 0.25) is 0 Å². The summed E-state index contributed by atoms with van der Waals surface area (Å²) in [5, 5.41) is 23.8. The summed E-state index contributed by atoms with van der Waals surface area (Å²) in [5.41, 5.74) is 0. The summed E-state index contributed by atoms with van der Waals surface area (Å²) in [6.07, 6.45) is 59.1. The molecule has 0 aliphatic heterocycles. The van der Waals surface area contributed by atoms with Gasteiger partial charge in [0.05, 0.1) is 25.2 Å². The molecular formula is C56H105NO5. The lowest BCUT2D eigenvalue weighted by Gasteiger charge is -2.24. The minimum absolute atomic E-state index is 0.0695. The predicted octanol–water partition coefficient (Wildman–Crippen LogP) is 16.5. The molecular weight excluding hydrogens is 767 g/mol. The van der Waals surface area contributed by atoms with Crippen LogP contribution in [0.25, 0.3) is 0 Å². The van der Waals surface area contributed by atoms with Gasteiger partial charge in [0.15, 0.2) is 0 Å². The summed E-state index contributed by atoms with van der Waals surface area (Å²) in [7, 11) is 0. The Labute approximate surface area is 385 Å². The van der Waals surface area contributed by atoms with E-state index in [9.17, 15) is 19.8 Å². The molecule has 0 fully saturated rings. The Morgan fingerprint density at radius 1 is 0.468 bits per heavy atom. The Morgan fingerprint density at radius 3 is 1.29 bits per heavy atom. The number of aliphatic hydroxyl groups is 2. The number of unbranched alkanes of at least 4 members (excludes halogenated alkanes) is 32. The van der Waals surface area contributed by atoms with Crippen molar-refractivity contribution in [1.29, 1.82) is 0 Å². The molecule has 0 heterocycles. The molecule has 0 aromatic carbocycles. The van der Waals surface area contributed by atoms with Crippen LogP contribution in [0.4, 0.5) is 0 Å². The van der Waals surface area contributed by atoms with Crippen molar-refractivity contribution in [1.82, 2.24) is 5.32 Å². The number of amides is 1. The van der Waals surface area contributed by atoms with Crippen LogP contribution in [0, 0.1) is 0 Å². The molecule has 0 aromatic rings. The Hall–Kier alpha value is -1.92. The van der Waals surface area contributed by atoms with Crippen LogP contribution in [0.1, 0.15) is 284 Å². The third-order valence-corrected chi connectivity index (χ3v) is 12.5. The number of hydrogen-bond acceptors (Lipinski definition) is 5. The average Bonchev–Trinajstić information content (AvgIpc) is 3.26. The minimum atomic E-state index is -0.790. The molecule has 0 radical (unpaired) electrons. The first-order valence-electron chi connectivity index (χ1n) is 27.2. The Kier molecular flexibility index (Phi) is 48.5. The van der Waals surface area contributed by atoms with Crippen molar-refractivity contribution in [2.75, 3.05) is 6.61 Å². The normalized spacial score (nSPS) is 13.4. The predicted molar refractivity (Wildman–Crippen MR) is 269 cm³/mol. The maximum atomic E-state index is 13.2. The second kappa shape index (κ2) is 50.1. The van der Waals surface area contributed by atoms with Crippen molar-refractivity contribution >= 4 is 11.9 Å². The van der Waals surface area contributed by atoms with Gasteiger partial charge in [-0.15, -0.1) is 0 Å². The largest absolute Gasteiger partial charge is 0.462 e. The molecule has 62 heavy (non-hydrogen) atoms. The van der Waals surface area contributed by atoms with E-state index >= 15 is 0 Å². The van der Waals surface area contributed by atoms with Gasteiger partial charge in [0.25, 0.3) is 0 Å². The van der Waals surface area contributed by atoms with Crippen LogP contribution in [0.15, 0.2) is 36.5 Å². The molecule has 6 nitrogen and oxygen atoms in total. The zero-order valence-electron chi connectivity index (χ0n) is 41.5. The van der Waals surface area contributed by atoms with Crippen LogP contribution >= 0.6 is 0 Å². The van der Waals surface area contributed by atoms with E-state index in [0.29, 0.717) is 19.3 Å². The SMILES string of the molecule is CCCCC/C=C/C=C/CCCCCCCCC(=O)OC(CCCCCCC/C=C\CCCCCC)CC(=O)NC(CO)C(O)CCCCCCCCCCCCCCCCC. The highest BCUT2D eigenvalue weighted by Gasteiger charge is 2.24. The van der Waals surface area contributed by atoms with Crippen molar-refractivity contribution < 1.29 is 24.5 Å². The van der Waals surface area contributed by atoms with Gasteiger partial charge in [-0.25, -0.2) is 0 Å². The standard InChI is InChI=1S/C56H105NO5/c1-4-7-10-13-16-19-22-25-27-30-33-36-39-42-45-48-54(59)53(51-58)57-55(60)50-52(47-44-41-38-35-32-29-24-21-18-15-12-9-6-3)62-56(61)49-46-43-40-37-34-31-28-26-23-20-17-14-11-8-5-2/h17,20-21,23-24,26,52-54,58-59H,4-16,18-19,22,25,27-51H2,1-3H3,(H,57,60)/b20-17+,24-21-,26-23+. The molecule has 0 spiro atoms. The quantitative estimate of drug-likeness (QED) is 0.0245.